The minimum absolute atomic E-state index is 0.103. The zero-order valence-electron chi connectivity index (χ0n) is 10.8. The molecule has 4 nitrogen and oxygen atoms in total. The minimum atomic E-state index is -0.226. The van der Waals surface area contributed by atoms with Gasteiger partial charge in [-0.2, -0.15) is 0 Å². The zero-order chi connectivity index (χ0) is 14.1. The number of nitrogens with one attached hydrogen (secondary N) is 2. The van der Waals surface area contributed by atoms with Crippen molar-refractivity contribution in [1.29, 1.82) is 0 Å². The fourth-order valence-corrected chi connectivity index (χ4v) is 2.78. The van der Waals surface area contributed by atoms with E-state index in [1.807, 2.05) is 6.07 Å². The van der Waals surface area contributed by atoms with E-state index in [1.165, 1.54) is 12.1 Å². The van der Waals surface area contributed by atoms with Crippen LogP contribution in [0.3, 0.4) is 0 Å². The van der Waals surface area contributed by atoms with E-state index in [0.717, 1.165) is 23.4 Å². The van der Waals surface area contributed by atoms with Gasteiger partial charge in [0.1, 0.15) is 5.82 Å². The van der Waals surface area contributed by atoms with Gasteiger partial charge in [0.25, 0.3) is 5.56 Å². The third-order valence-corrected chi connectivity index (χ3v) is 3.69. The number of benzene rings is 1. The summed E-state index contributed by atoms with van der Waals surface area (Å²) < 4.78 is 13.5. The molecule has 6 heteroatoms. The molecule has 0 saturated carbocycles. The maximum Gasteiger partial charge on any atom is 0.255 e. The number of aromatic amines is 2. The number of halogens is 1. The van der Waals surface area contributed by atoms with Gasteiger partial charge in [0.05, 0.1) is 0 Å². The lowest BCUT2D eigenvalue weighted by Crippen LogP contribution is -2.34. The van der Waals surface area contributed by atoms with E-state index < -0.39 is 0 Å². The van der Waals surface area contributed by atoms with Crippen molar-refractivity contribution >= 4 is 12.2 Å². The van der Waals surface area contributed by atoms with Crippen LogP contribution >= 0.6 is 12.2 Å². The average Bonchev–Trinajstić information content (AvgIpc) is 2.38. The number of hydrogen-bond donors (Lipinski definition) is 2. The Labute approximate surface area is 120 Å². The normalized spacial score (nSPS) is 15.1. The summed E-state index contributed by atoms with van der Waals surface area (Å²) in [4.78, 5) is 19.6. The standard InChI is InChI=1S/C14H14FN3OS/c15-10-3-1-2-9(6-10)7-18-5-4-11-12(8-18)16-14(20)17-13(11)19/h1-3,6H,4-5,7-8H2,(H2,16,17,19,20). The molecule has 20 heavy (non-hydrogen) atoms. The Morgan fingerprint density at radius 1 is 1.35 bits per heavy atom. The van der Waals surface area contributed by atoms with Gasteiger partial charge >= 0.3 is 0 Å². The Morgan fingerprint density at radius 3 is 3.00 bits per heavy atom. The molecule has 0 saturated heterocycles. The van der Waals surface area contributed by atoms with Crippen molar-refractivity contribution in [1.82, 2.24) is 14.9 Å². The molecule has 0 aliphatic carbocycles. The second-order valence-corrected chi connectivity index (χ2v) is 5.36. The van der Waals surface area contributed by atoms with Gasteiger partial charge in [-0.15, -0.1) is 0 Å². The van der Waals surface area contributed by atoms with Crippen LogP contribution in [0.2, 0.25) is 0 Å². The SMILES string of the molecule is O=c1[nH]c(=S)[nH]c2c1CCN(Cc1cccc(F)c1)C2. The Bertz CT molecular complexity index is 753. The van der Waals surface area contributed by atoms with Crippen molar-refractivity contribution in [2.45, 2.75) is 19.5 Å². The summed E-state index contributed by atoms with van der Waals surface area (Å²) in [7, 11) is 0. The summed E-state index contributed by atoms with van der Waals surface area (Å²) in [6, 6.07) is 6.58. The molecular formula is C14H14FN3OS. The van der Waals surface area contributed by atoms with Gasteiger partial charge in [0.15, 0.2) is 4.77 Å². The number of fused-ring (bicyclic) bond motifs is 1. The molecule has 0 spiro atoms. The van der Waals surface area contributed by atoms with Crippen molar-refractivity contribution in [2.24, 2.45) is 0 Å². The van der Waals surface area contributed by atoms with Gasteiger partial charge in [0, 0.05) is 30.9 Å². The Balaban J connectivity index is 1.82. The summed E-state index contributed by atoms with van der Waals surface area (Å²) in [5.41, 5.74) is 2.46. The molecule has 104 valence electrons. The van der Waals surface area contributed by atoms with Crippen molar-refractivity contribution in [2.75, 3.05) is 6.54 Å². The number of rotatable bonds is 2. The van der Waals surface area contributed by atoms with Gasteiger partial charge in [-0.05, 0) is 36.3 Å². The molecule has 1 aliphatic rings. The summed E-state index contributed by atoms with van der Waals surface area (Å²) in [6.07, 6.45) is 0.673. The van der Waals surface area contributed by atoms with Crippen LogP contribution in [0.15, 0.2) is 29.1 Å². The first-order chi connectivity index (χ1) is 9.61. The van der Waals surface area contributed by atoms with Crippen LogP contribution in [0.4, 0.5) is 4.39 Å². The maximum absolute atomic E-state index is 13.2. The molecule has 1 aliphatic heterocycles. The van der Waals surface area contributed by atoms with E-state index in [9.17, 15) is 9.18 Å². The lowest BCUT2D eigenvalue weighted by molar-refractivity contribution is 0.240. The second kappa shape index (κ2) is 5.30. The largest absolute Gasteiger partial charge is 0.334 e. The van der Waals surface area contributed by atoms with E-state index in [1.54, 1.807) is 6.07 Å². The van der Waals surface area contributed by atoms with Crippen LogP contribution in [-0.2, 0) is 19.5 Å². The second-order valence-electron chi connectivity index (χ2n) is 4.96. The van der Waals surface area contributed by atoms with Crippen LogP contribution in [0.5, 0.6) is 0 Å². The molecule has 2 N–H and O–H groups in total. The molecular weight excluding hydrogens is 277 g/mol. The number of hydrogen-bond acceptors (Lipinski definition) is 3. The molecule has 3 rings (SSSR count). The highest BCUT2D eigenvalue weighted by atomic mass is 32.1. The highest BCUT2D eigenvalue weighted by Crippen LogP contribution is 2.16. The summed E-state index contributed by atoms with van der Waals surface area (Å²) in [5, 5.41) is 0. The summed E-state index contributed by atoms with van der Waals surface area (Å²) >= 11 is 4.99. The molecule has 0 fully saturated rings. The monoisotopic (exact) mass is 291 g/mol. The van der Waals surface area contributed by atoms with Crippen LogP contribution in [0, 0.1) is 10.6 Å². The van der Waals surface area contributed by atoms with Gasteiger partial charge in [0.2, 0.25) is 0 Å². The first-order valence-corrected chi connectivity index (χ1v) is 6.84. The summed E-state index contributed by atoms with van der Waals surface area (Å²) in [6.45, 7) is 2.06. The van der Waals surface area contributed by atoms with Crippen LogP contribution < -0.4 is 5.56 Å². The molecule has 1 aromatic heterocycles. The van der Waals surface area contributed by atoms with E-state index in [-0.39, 0.29) is 11.4 Å². The molecule has 0 radical (unpaired) electrons. The van der Waals surface area contributed by atoms with E-state index >= 15 is 0 Å². The maximum atomic E-state index is 13.2. The highest BCUT2D eigenvalue weighted by molar-refractivity contribution is 7.71. The topological polar surface area (TPSA) is 51.9 Å². The Morgan fingerprint density at radius 2 is 2.20 bits per heavy atom. The average molecular weight is 291 g/mol. The minimum Gasteiger partial charge on any atom is -0.334 e. The summed E-state index contributed by atoms with van der Waals surface area (Å²) in [5.74, 6) is -0.226. The molecule has 2 heterocycles. The molecule has 0 atom stereocenters. The molecule has 1 aromatic carbocycles. The predicted octanol–water partition coefficient (Wildman–Crippen LogP) is 2.13. The van der Waals surface area contributed by atoms with Crippen LogP contribution in [-0.4, -0.2) is 21.4 Å². The molecule has 2 aromatic rings. The third-order valence-electron chi connectivity index (χ3n) is 3.48. The van der Waals surface area contributed by atoms with Gasteiger partial charge < -0.3 is 4.98 Å². The van der Waals surface area contributed by atoms with Crippen LogP contribution in [0.1, 0.15) is 16.8 Å². The number of H-pyrrole nitrogens is 2. The lowest BCUT2D eigenvalue weighted by Gasteiger charge is -2.27. The van der Waals surface area contributed by atoms with E-state index in [2.05, 4.69) is 14.9 Å². The predicted molar refractivity (Wildman–Crippen MR) is 76.5 cm³/mol. The van der Waals surface area contributed by atoms with Gasteiger partial charge in [-0.25, -0.2) is 4.39 Å². The van der Waals surface area contributed by atoms with Crippen molar-refractivity contribution in [3.8, 4) is 0 Å². The Hall–Kier alpha value is -1.79. The Kier molecular flexibility index (Phi) is 3.50. The quantitative estimate of drug-likeness (QED) is 0.833. The molecule has 0 bridgehead atoms. The zero-order valence-corrected chi connectivity index (χ0v) is 11.6. The third kappa shape index (κ3) is 2.71. The fraction of sp³-hybridized carbons (Fsp3) is 0.286. The van der Waals surface area contributed by atoms with E-state index in [4.69, 9.17) is 12.2 Å². The highest BCUT2D eigenvalue weighted by Gasteiger charge is 2.19. The van der Waals surface area contributed by atoms with Crippen molar-refractivity contribution in [3.63, 3.8) is 0 Å². The molecule has 0 unspecified atom stereocenters. The smallest absolute Gasteiger partial charge is 0.255 e. The molecule has 0 amide bonds. The van der Waals surface area contributed by atoms with Crippen molar-refractivity contribution < 1.29 is 4.39 Å². The fourth-order valence-electron chi connectivity index (χ4n) is 2.56. The van der Waals surface area contributed by atoms with Gasteiger partial charge in [-0.3, -0.25) is 14.7 Å². The van der Waals surface area contributed by atoms with Crippen molar-refractivity contribution in [3.05, 3.63) is 62.0 Å². The van der Waals surface area contributed by atoms with Crippen LogP contribution in [0.25, 0.3) is 0 Å². The number of nitrogens with zero attached hydrogens (tertiary/aromatic N) is 1. The number of aromatic nitrogens is 2. The lowest BCUT2D eigenvalue weighted by atomic mass is 10.1. The first kappa shape index (κ1) is 13.2. The first-order valence-electron chi connectivity index (χ1n) is 6.43. The van der Waals surface area contributed by atoms with Gasteiger partial charge in [-0.1, -0.05) is 12.1 Å². The van der Waals surface area contributed by atoms with E-state index in [0.29, 0.717) is 24.3 Å².